The number of aromatic nitrogens is 3. The predicted octanol–water partition coefficient (Wildman–Crippen LogP) is 3.70. The number of hydrogen-bond donors (Lipinski definition) is 3. The topological polar surface area (TPSA) is 86.2 Å². The number of piperidine rings is 1. The molecule has 3 atom stereocenters. The summed E-state index contributed by atoms with van der Waals surface area (Å²) in [4.78, 5) is 16.8. The third-order valence-corrected chi connectivity index (χ3v) is 7.01. The highest BCUT2D eigenvalue weighted by Gasteiger charge is 2.40. The van der Waals surface area contributed by atoms with E-state index in [-0.39, 0.29) is 13.3 Å². The number of aliphatic hydroxyl groups is 1. The van der Waals surface area contributed by atoms with Gasteiger partial charge in [0.1, 0.15) is 18.3 Å². The van der Waals surface area contributed by atoms with Crippen molar-refractivity contribution in [2.24, 2.45) is 0 Å². The Bertz CT molecular complexity index is 1020. The number of halogens is 1. The molecule has 0 amide bonds. The van der Waals surface area contributed by atoms with E-state index >= 15 is 0 Å². The van der Waals surface area contributed by atoms with Crippen LogP contribution in [0.4, 0.5) is 21.2 Å². The van der Waals surface area contributed by atoms with E-state index in [1.54, 1.807) is 12.4 Å². The van der Waals surface area contributed by atoms with Crippen LogP contribution in [0.15, 0.2) is 30.6 Å². The first-order valence-electron chi connectivity index (χ1n) is 10.4. The van der Waals surface area contributed by atoms with Gasteiger partial charge in [-0.25, -0.2) is 14.4 Å². The SMILES string of the molecule is OCc1cnc(Nc2cc3ncccc3c(N[C@@H]3C[C@H]4CC[C@@H](C3)N4CCF)n2)s1. The van der Waals surface area contributed by atoms with Gasteiger partial charge in [-0.2, -0.15) is 0 Å². The van der Waals surface area contributed by atoms with E-state index in [2.05, 4.69) is 25.5 Å². The number of rotatable bonds is 7. The van der Waals surface area contributed by atoms with Crippen molar-refractivity contribution >= 4 is 39.0 Å². The van der Waals surface area contributed by atoms with E-state index in [4.69, 9.17) is 4.98 Å². The minimum absolute atomic E-state index is 0.0255. The lowest BCUT2D eigenvalue weighted by atomic mass is 9.97. The average Bonchev–Trinajstić information content (AvgIpc) is 3.29. The molecule has 0 saturated carbocycles. The van der Waals surface area contributed by atoms with E-state index in [0.717, 1.165) is 47.3 Å². The molecule has 158 valence electrons. The Kier molecular flexibility index (Phi) is 5.49. The number of anilines is 3. The van der Waals surface area contributed by atoms with Gasteiger partial charge in [0, 0.05) is 48.5 Å². The zero-order valence-corrected chi connectivity index (χ0v) is 17.4. The number of alkyl halides is 1. The van der Waals surface area contributed by atoms with Crippen LogP contribution in [-0.2, 0) is 6.61 Å². The van der Waals surface area contributed by atoms with Gasteiger partial charge in [-0.3, -0.25) is 9.88 Å². The average molecular weight is 429 g/mol. The maximum absolute atomic E-state index is 12.9. The Morgan fingerprint density at radius 3 is 2.80 bits per heavy atom. The first-order valence-corrected chi connectivity index (χ1v) is 11.2. The molecule has 0 aromatic carbocycles. The highest BCUT2D eigenvalue weighted by atomic mass is 32.1. The van der Waals surface area contributed by atoms with Crippen molar-refractivity contribution in [3.8, 4) is 0 Å². The van der Waals surface area contributed by atoms with Crippen LogP contribution in [0.3, 0.4) is 0 Å². The zero-order chi connectivity index (χ0) is 20.5. The second-order valence-electron chi connectivity index (χ2n) is 7.97. The van der Waals surface area contributed by atoms with Crippen molar-refractivity contribution in [2.45, 2.75) is 50.4 Å². The number of nitrogens with one attached hydrogen (secondary N) is 2. The smallest absolute Gasteiger partial charge is 0.188 e. The van der Waals surface area contributed by atoms with Crippen LogP contribution in [0.5, 0.6) is 0 Å². The second-order valence-corrected chi connectivity index (χ2v) is 9.08. The molecule has 7 nitrogen and oxygen atoms in total. The number of fused-ring (bicyclic) bond motifs is 3. The van der Waals surface area contributed by atoms with Crippen LogP contribution in [0, 0.1) is 0 Å². The maximum Gasteiger partial charge on any atom is 0.188 e. The fraction of sp³-hybridized carbons (Fsp3) is 0.476. The first kappa shape index (κ1) is 19.6. The van der Waals surface area contributed by atoms with Crippen molar-refractivity contribution in [2.75, 3.05) is 23.9 Å². The Morgan fingerprint density at radius 1 is 1.23 bits per heavy atom. The normalized spacial score (nSPS) is 23.7. The molecule has 0 spiro atoms. The quantitative estimate of drug-likeness (QED) is 0.529. The van der Waals surface area contributed by atoms with Crippen LogP contribution in [-0.4, -0.2) is 56.3 Å². The van der Waals surface area contributed by atoms with Gasteiger partial charge >= 0.3 is 0 Å². The van der Waals surface area contributed by atoms with Crippen LogP contribution < -0.4 is 10.6 Å². The first-order chi connectivity index (χ1) is 14.7. The summed E-state index contributed by atoms with van der Waals surface area (Å²) in [5, 5.41) is 17.8. The fourth-order valence-corrected chi connectivity index (χ4v) is 5.52. The molecule has 5 rings (SSSR count). The molecule has 5 heterocycles. The Morgan fingerprint density at radius 2 is 2.07 bits per heavy atom. The number of aliphatic hydroxyl groups excluding tert-OH is 1. The van der Waals surface area contributed by atoms with E-state index in [9.17, 15) is 9.50 Å². The highest BCUT2D eigenvalue weighted by Crippen LogP contribution is 2.37. The maximum atomic E-state index is 12.9. The lowest BCUT2D eigenvalue weighted by Gasteiger charge is -2.39. The molecule has 3 aromatic heterocycles. The van der Waals surface area contributed by atoms with E-state index in [0.29, 0.717) is 35.6 Å². The van der Waals surface area contributed by atoms with Gasteiger partial charge in [0.15, 0.2) is 5.13 Å². The number of nitrogens with zero attached hydrogens (tertiary/aromatic N) is 4. The minimum atomic E-state index is -0.272. The van der Waals surface area contributed by atoms with Crippen molar-refractivity contribution in [1.29, 1.82) is 0 Å². The molecule has 2 aliphatic rings. The molecule has 2 saturated heterocycles. The van der Waals surface area contributed by atoms with Crippen molar-refractivity contribution in [1.82, 2.24) is 19.9 Å². The lowest BCUT2D eigenvalue weighted by Crippen LogP contribution is -2.47. The molecule has 9 heteroatoms. The van der Waals surface area contributed by atoms with Gasteiger partial charge in [0.2, 0.25) is 0 Å². The lowest BCUT2D eigenvalue weighted by molar-refractivity contribution is 0.123. The van der Waals surface area contributed by atoms with Gasteiger partial charge in [-0.15, -0.1) is 0 Å². The third kappa shape index (κ3) is 3.84. The van der Waals surface area contributed by atoms with Gasteiger partial charge in [0.25, 0.3) is 0 Å². The monoisotopic (exact) mass is 428 g/mol. The molecule has 2 bridgehead atoms. The molecule has 2 aliphatic heterocycles. The second kappa shape index (κ2) is 8.41. The predicted molar refractivity (Wildman–Crippen MR) is 117 cm³/mol. The van der Waals surface area contributed by atoms with Gasteiger partial charge < -0.3 is 15.7 Å². The summed E-state index contributed by atoms with van der Waals surface area (Å²) in [7, 11) is 0. The summed E-state index contributed by atoms with van der Waals surface area (Å²) in [5.41, 5.74) is 0.856. The Hall–Kier alpha value is -2.36. The molecule has 30 heavy (non-hydrogen) atoms. The molecule has 3 aromatic rings. The van der Waals surface area contributed by atoms with Gasteiger partial charge in [0.05, 0.1) is 17.0 Å². The Balaban J connectivity index is 1.39. The molecule has 3 N–H and O–H groups in total. The standard InChI is InChI=1S/C21H25FN6OS/c22-5-7-28-14-3-4-15(28)9-13(8-14)25-20-17-2-1-6-23-18(17)10-19(26-20)27-21-24-11-16(12-29)30-21/h1-2,6,10-11,13-15,29H,3-5,7-9,12H2,(H2,24,25,26,27)/t13-,14-,15+. The third-order valence-electron chi connectivity index (χ3n) is 6.11. The number of thiazole rings is 1. The Labute approximate surface area is 178 Å². The van der Waals surface area contributed by atoms with E-state index in [1.807, 2.05) is 18.2 Å². The molecule has 0 radical (unpaired) electrons. The summed E-state index contributed by atoms with van der Waals surface area (Å²) in [5.74, 6) is 1.48. The number of pyridine rings is 2. The van der Waals surface area contributed by atoms with Gasteiger partial charge in [-0.05, 0) is 37.8 Å². The largest absolute Gasteiger partial charge is 0.391 e. The molecule has 0 aliphatic carbocycles. The highest BCUT2D eigenvalue weighted by molar-refractivity contribution is 7.15. The fourth-order valence-electron chi connectivity index (χ4n) is 4.85. The number of hydrogen-bond acceptors (Lipinski definition) is 8. The van der Waals surface area contributed by atoms with Crippen LogP contribution >= 0.6 is 11.3 Å². The zero-order valence-electron chi connectivity index (χ0n) is 16.6. The van der Waals surface area contributed by atoms with Crippen LogP contribution in [0.1, 0.15) is 30.6 Å². The summed E-state index contributed by atoms with van der Waals surface area (Å²) in [6.45, 7) is 0.254. The van der Waals surface area contributed by atoms with Crippen molar-refractivity contribution in [3.63, 3.8) is 0 Å². The van der Waals surface area contributed by atoms with Crippen molar-refractivity contribution in [3.05, 3.63) is 35.5 Å². The van der Waals surface area contributed by atoms with Gasteiger partial charge in [-0.1, -0.05) is 11.3 Å². The summed E-state index contributed by atoms with van der Waals surface area (Å²) >= 11 is 1.40. The van der Waals surface area contributed by atoms with Crippen LogP contribution in [0.2, 0.25) is 0 Å². The summed E-state index contributed by atoms with van der Waals surface area (Å²) < 4.78 is 12.9. The molecule has 2 fully saturated rings. The molecular formula is C21H25FN6OS. The molecule has 0 unspecified atom stereocenters. The minimum Gasteiger partial charge on any atom is -0.391 e. The molecular weight excluding hydrogens is 403 g/mol. The van der Waals surface area contributed by atoms with E-state index in [1.165, 1.54) is 11.3 Å². The van der Waals surface area contributed by atoms with E-state index < -0.39 is 0 Å². The summed E-state index contributed by atoms with van der Waals surface area (Å²) in [6.07, 6.45) is 7.74. The summed E-state index contributed by atoms with van der Waals surface area (Å²) in [6, 6.07) is 7.08. The van der Waals surface area contributed by atoms with Crippen molar-refractivity contribution < 1.29 is 9.50 Å². The van der Waals surface area contributed by atoms with Crippen LogP contribution in [0.25, 0.3) is 10.9 Å².